The van der Waals surface area contributed by atoms with Gasteiger partial charge in [-0.1, -0.05) is 322 Å². The van der Waals surface area contributed by atoms with E-state index >= 15 is 0 Å². The molecule has 0 rings (SSSR count). The van der Waals surface area contributed by atoms with Gasteiger partial charge in [-0.3, -0.25) is 9.59 Å². The van der Waals surface area contributed by atoms with Crippen LogP contribution in [0.15, 0.2) is 109 Å². The van der Waals surface area contributed by atoms with Crippen molar-refractivity contribution < 1.29 is 42.9 Å². The van der Waals surface area contributed by atoms with Crippen LogP contribution in [-0.2, 0) is 33.3 Å². The maximum absolute atomic E-state index is 13.0. The molecule has 0 aliphatic heterocycles. The fourth-order valence-electron chi connectivity index (χ4n) is 10.4. The first-order valence-corrected chi connectivity index (χ1v) is 37.1. The van der Waals surface area contributed by atoms with Gasteiger partial charge in [0.1, 0.15) is 13.2 Å². The number of hydrogen-bond donors (Lipinski definition) is 1. The van der Waals surface area contributed by atoms with Crippen LogP contribution in [0.4, 0.5) is 0 Å². The molecule has 2 atom stereocenters. The first-order valence-electron chi connectivity index (χ1n) is 37.1. The van der Waals surface area contributed by atoms with Crippen LogP contribution in [0.2, 0.25) is 0 Å². The monoisotopic (exact) mass is 1240 g/mol. The lowest BCUT2D eigenvalue weighted by molar-refractivity contribution is -0.870. The van der Waals surface area contributed by atoms with Crippen molar-refractivity contribution in [2.45, 2.75) is 334 Å². The SMILES string of the molecule is CC/C=C\C/C=C\C/C=C\C/C=C\C/C=C\CCCCCCCCCCCCCCCCCC(=O)OC(COC(=O)CCCCCCCCCCCCCCCCCCCCCC/C=C\C/C=C\C/C=C\C/C=C\CC)COC(OCC[N+](C)(C)C)C(=O)O. The van der Waals surface area contributed by atoms with Gasteiger partial charge in [0.2, 0.25) is 0 Å². The number of quaternary nitrogens is 1. The Morgan fingerprint density at radius 1 is 0.337 bits per heavy atom. The molecule has 89 heavy (non-hydrogen) atoms. The molecule has 9 nitrogen and oxygen atoms in total. The number of carbonyl (C=O) groups is 3. The number of unbranched alkanes of at least 4 members (excludes halogenated alkanes) is 35. The number of allylic oxidation sites excluding steroid dienone is 18. The molecule has 0 fully saturated rings. The summed E-state index contributed by atoms with van der Waals surface area (Å²) in [5.74, 6) is -1.99. The number of esters is 2. The van der Waals surface area contributed by atoms with E-state index in [0.29, 0.717) is 17.4 Å². The van der Waals surface area contributed by atoms with Crippen LogP contribution in [-0.4, -0.2) is 87.4 Å². The number of aliphatic carboxylic acids is 1. The molecule has 0 aliphatic rings. The van der Waals surface area contributed by atoms with Crippen LogP contribution in [0.5, 0.6) is 0 Å². The second-order valence-electron chi connectivity index (χ2n) is 25.8. The molecule has 0 saturated carbocycles. The number of rotatable bonds is 68. The van der Waals surface area contributed by atoms with Gasteiger partial charge in [-0.25, -0.2) is 4.79 Å². The summed E-state index contributed by atoms with van der Waals surface area (Å²) in [5, 5.41) is 9.76. The van der Waals surface area contributed by atoms with Crippen LogP contribution in [0.3, 0.4) is 0 Å². The first-order chi connectivity index (χ1) is 43.6. The summed E-state index contributed by atoms with van der Waals surface area (Å²) < 4.78 is 23.0. The van der Waals surface area contributed by atoms with E-state index in [4.69, 9.17) is 18.9 Å². The van der Waals surface area contributed by atoms with E-state index in [1.165, 1.54) is 199 Å². The molecule has 0 aromatic carbocycles. The van der Waals surface area contributed by atoms with Gasteiger partial charge < -0.3 is 28.5 Å². The Labute approximate surface area is 549 Å². The molecule has 2 unspecified atom stereocenters. The quantitative estimate of drug-likeness (QED) is 0.0211. The summed E-state index contributed by atoms with van der Waals surface area (Å²) in [6, 6.07) is 0. The molecular weight excluding hydrogens is 1100 g/mol. The topological polar surface area (TPSA) is 108 Å². The van der Waals surface area contributed by atoms with Crippen LogP contribution in [0.1, 0.15) is 322 Å². The summed E-state index contributed by atoms with van der Waals surface area (Å²) >= 11 is 0. The van der Waals surface area contributed by atoms with Crippen molar-refractivity contribution in [1.29, 1.82) is 0 Å². The fraction of sp³-hybridized carbons (Fsp3) is 0.738. The zero-order chi connectivity index (χ0) is 64.7. The zero-order valence-electron chi connectivity index (χ0n) is 58.6. The van der Waals surface area contributed by atoms with Gasteiger partial charge in [-0.15, -0.1) is 0 Å². The number of hydrogen-bond acceptors (Lipinski definition) is 7. The minimum Gasteiger partial charge on any atom is -0.477 e. The maximum atomic E-state index is 13.0. The largest absolute Gasteiger partial charge is 0.477 e. The fourth-order valence-corrected chi connectivity index (χ4v) is 10.4. The van der Waals surface area contributed by atoms with E-state index in [0.717, 1.165) is 96.3 Å². The van der Waals surface area contributed by atoms with E-state index in [2.05, 4.69) is 123 Å². The standard InChI is InChI=1S/C80H139NO8/c1-6-8-10-12-14-16-18-20-22-24-26-28-30-32-34-36-38-39-41-42-44-46-48-50-52-54-56-58-60-62-64-66-68-70-77(82)87-74-76(75-88-80(79(84)85)86-73-72-81(3,4)5)89-78(83)71-69-67-65-63-61-59-57-55-53-51-49-47-45-43-40-37-35-33-31-29-27-25-23-21-19-17-15-13-11-9-7-2/h8-11,14-17,20-23,26-29,33,35,76,80H,6-7,12-13,18-19,24-25,30-32,34,36-75H2,1-5H3/p+1/b10-8-,11-9-,16-14-,17-15-,22-20-,23-21-,28-26-,29-27-,35-33-. The van der Waals surface area contributed by atoms with E-state index in [1.807, 2.05) is 21.1 Å². The Morgan fingerprint density at radius 2 is 0.607 bits per heavy atom. The molecule has 0 aromatic rings. The molecule has 0 amide bonds. The molecule has 0 aromatic heterocycles. The van der Waals surface area contributed by atoms with Gasteiger partial charge in [-0.2, -0.15) is 0 Å². The summed E-state index contributed by atoms with van der Waals surface area (Å²) in [7, 11) is 5.98. The van der Waals surface area contributed by atoms with Crippen molar-refractivity contribution in [2.75, 3.05) is 47.5 Å². The number of carboxylic acids is 1. The average Bonchev–Trinajstić information content (AvgIpc) is 3.64. The van der Waals surface area contributed by atoms with E-state index in [9.17, 15) is 19.5 Å². The Kier molecular flexibility index (Phi) is 66.7. The highest BCUT2D eigenvalue weighted by atomic mass is 16.7. The third-order valence-corrected chi connectivity index (χ3v) is 16.0. The van der Waals surface area contributed by atoms with E-state index in [1.54, 1.807) is 0 Å². The number of nitrogens with zero attached hydrogens (tertiary/aromatic N) is 1. The van der Waals surface area contributed by atoms with Crippen molar-refractivity contribution in [2.24, 2.45) is 0 Å². The minimum atomic E-state index is -1.51. The number of likely N-dealkylation sites (N-methyl/N-ethyl adjacent to an activating group) is 1. The molecule has 0 saturated heterocycles. The lowest BCUT2D eigenvalue weighted by atomic mass is 10.0. The van der Waals surface area contributed by atoms with Crippen molar-refractivity contribution in [3.8, 4) is 0 Å². The van der Waals surface area contributed by atoms with Gasteiger partial charge in [0.15, 0.2) is 6.10 Å². The maximum Gasteiger partial charge on any atom is 0.361 e. The lowest BCUT2D eigenvalue weighted by Gasteiger charge is -2.25. The average molecular weight is 1240 g/mol. The van der Waals surface area contributed by atoms with Crippen LogP contribution in [0.25, 0.3) is 0 Å². The highest BCUT2D eigenvalue weighted by molar-refractivity contribution is 5.71. The van der Waals surface area contributed by atoms with E-state index < -0.39 is 24.3 Å². The molecule has 1 N–H and O–H groups in total. The second-order valence-corrected chi connectivity index (χ2v) is 25.8. The molecular formula is C80H140NO8+. The summed E-state index contributed by atoms with van der Waals surface area (Å²) in [6.45, 7) is 4.69. The Balaban J connectivity index is 4.06. The predicted molar refractivity (Wildman–Crippen MR) is 382 cm³/mol. The number of carboxylic acid groups (broad SMARTS) is 1. The molecule has 0 aliphatic carbocycles. The summed E-state index contributed by atoms with van der Waals surface area (Å²) in [6.07, 6.45) is 95.0. The molecule has 0 radical (unpaired) electrons. The van der Waals surface area contributed by atoms with Crippen LogP contribution < -0.4 is 0 Å². The third kappa shape index (κ3) is 71.3. The van der Waals surface area contributed by atoms with Crippen molar-refractivity contribution >= 4 is 17.9 Å². The van der Waals surface area contributed by atoms with Crippen molar-refractivity contribution in [1.82, 2.24) is 0 Å². The third-order valence-electron chi connectivity index (χ3n) is 16.0. The Bertz CT molecular complexity index is 1830. The molecule has 0 bridgehead atoms. The van der Waals surface area contributed by atoms with Crippen molar-refractivity contribution in [3.05, 3.63) is 109 Å². The number of carbonyl (C=O) groups excluding carboxylic acids is 2. The normalized spacial score (nSPS) is 13.3. The van der Waals surface area contributed by atoms with Gasteiger partial charge in [0.05, 0.1) is 34.4 Å². The predicted octanol–water partition coefficient (Wildman–Crippen LogP) is 23.4. The number of ether oxygens (including phenoxy) is 4. The zero-order valence-corrected chi connectivity index (χ0v) is 58.6. The second kappa shape index (κ2) is 69.8. The Hall–Kier alpha value is -4.05. The molecule has 0 heterocycles. The summed E-state index contributed by atoms with van der Waals surface area (Å²) in [4.78, 5) is 37.7. The molecule has 0 spiro atoms. The van der Waals surface area contributed by atoms with Gasteiger partial charge in [0.25, 0.3) is 6.29 Å². The van der Waals surface area contributed by atoms with Gasteiger partial charge in [-0.05, 0) is 96.3 Å². The van der Waals surface area contributed by atoms with Crippen LogP contribution >= 0.6 is 0 Å². The van der Waals surface area contributed by atoms with Gasteiger partial charge in [0, 0.05) is 12.8 Å². The highest BCUT2D eigenvalue weighted by Gasteiger charge is 2.25. The lowest BCUT2D eigenvalue weighted by Crippen LogP contribution is -2.40. The van der Waals surface area contributed by atoms with Gasteiger partial charge >= 0.3 is 17.9 Å². The highest BCUT2D eigenvalue weighted by Crippen LogP contribution is 2.18. The smallest absolute Gasteiger partial charge is 0.361 e. The van der Waals surface area contributed by atoms with Crippen LogP contribution in [0, 0.1) is 0 Å². The summed E-state index contributed by atoms with van der Waals surface area (Å²) in [5.41, 5.74) is 0. The minimum absolute atomic E-state index is 0.182. The molecule has 512 valence electrons. The molecule has 9 heteroatoms. The van der Waals surface area contributed by atoms with E-state index in [-0.39, 0.29) is 32.2 Å². The van der Waals surface area contributed by atoms with Crippen molar-refractivity contribution in [3.63, 3.8) is 0 Å². The first kappa shape index (κ1) is 85.0. The Morgan fingerprint density at radius 3 is 0.899 bits per heavy atom.